The fourth-order valence-corrected chi connectivity index (χ4v) is 3.28. The van der Waals surface area contributed by atoms with Gasteiger partial charge in [0, 0.05) is 32.5 Å². The summed E-state index contributed by atoms with van der Waals surface area (Å²) in [7, 11) is 0. The summed E-state index contributed by atoms with van der Waals surface area (Å²) in [6.07, 6.45) is 7.17. The molecule has 0 atom stereocenters. The van der Waals surface area contributed by atoms with Crippen LogP contribution in [-0.2, 0) is 16.1 Å². The van der Waals surface area contributed by atoms with Gasteiger partial charge in [0.15, 0.2) is 0 Å². The van der Waals surface area contributed by atoms with Crippen LogP contribution in [0.5, 0.6) is 0 Å². The molecule has 24 heavy (non-hydrogen) atoms. The molecule has 0 unspecified atom stereocenters. The van der Waals surface area contributed by atoms with E-state index in [1.165, 1.54) is 25.0 Å². The molecule has 1 aliphatic carbocycles. The van der Waals surface area contributed by atoms with Gasteiger partial charge < -0.3 is 10.2 Å². The van der Waals surface area contributed by atoms with Gasteiger partial charge >= 0.3 is 0 Å². The normalized spacial score (nSPS) is 15.6. The molecule has 132 valence electrons. The Bertz CT molecular complexity index is 537. The standard InChI is InChI=1S/C19H27FN2O2/c1-15(23)22(18-6-4-2-3-5-7-18)13-12-19(24)21-14-16-8-10-17(20)11-9-16/h8-11,18H,2-7,12-14H2,1H3,(H,21,24). The number of nitrogens with zero attached hydrogens (tertiary/aromatic N) is 1. The van der Waals surface area contributed by atoms with Gasteiger partial charge in [0.1, 0.15) is 5.82 Å². The minimum atomic E-state index is -0.287. The van der Waals surface area contributed by atoms with E-state index in [0.717, 1.165) is 31.2 Å². The Hall–Kier alpha value is -1.91. The first-order valence-corrected chi connectivity index (χ1v) is 8.84. The molecule has 1 aromatic rings. The van der Waals surface area contributed by atoms with E-state index in [-0.39, 0.29) is 23.7 Å². The maximum absolute atomic E-state index is 12.9. The molecule has 0 heterocycles. The van der Waals surface area contributed by atoms with Gasteiger partial charge in [-0.1, -0.05) is 37.8 Å². The van der Waals surface area contributed by atoms with Crippen LogP contribution in [0.15, 0.2) is 24.3 Å². The van der Waals surface area contributed by atoms with Gasteiger partial charge in [-0.25, -0.2) is 4.39 Å². The summed E-state index contributed by atoms with van der Waals surface area (Å²) >= 11 is 0. The van der Waals surface area contributed by atoms with E-state index in [2.05, 4.69) is 5.32 Å². The number of nitrogens with one attached hydrogen (secondary N) is 1. The number of hydrogen-bond donors (Lipinski definition) is 1. The number of halogens is 1. The first-order chi connectivity index (χ1) is 11.6. The third kappa shape index (κ3) is 5.95. The van der Waals surface area contributed by atoms with E-state index < -0.39 is 0 Å². The smallest absolute Gasteiger partial charge is 0.222 e. The Morgan fingerprint density at radius 3 is 2.33 bits per heavy atom. The highest BCUT2D eigenvalue weighted by Gasteiger charge is 2.22. The van der Waals surface area contributed by atoms with Crippen LogP contribution in [-0.4, -0.2) is 29.3 Å². The monoisotopic (exact) mass is 334 g/mol. The highest BCUT2D eigenvalue weighted by Crippen LogP contribution is 2.22. The molecule has 0 radical (unpaired) electrons. The molecule has 4 nitrogen and oxygen atoms in total. The zero-order valence-corrected chi connectivity index (χ0v) is 14.4. The second-order valence-electron chi connectivity index (χ2n) is 6.51. The van der Waals surface area contributed by atoms with Gasteiger partial charge in [0.05, 0.1) is 0 Å². The maximum atomic E-state index is 12.9. The van der Waals surface area contributed by atoms with Crippen molar-refractivity contribution in [2.45, 2.75) is 64.5 Å². The summed E-state index contributed by atoms with van der Waals surface area (Å²) < 4.78 is 12.9. The van der Waals surface area contributed by atoms with E-state index in [4.69, 9.17) is 0 Å². The summed E-state index contributed by atoms with van der Waals surface area (Å²) in [6.45, 7) is 2.43. The van der Waals surface area contributed by atoms with Crippen molar-refractivity contribution in [1.29, 1.82) is 0 Å². The van der Waals surface area contributed by atoms with E-state index in [1.54, 1.807) is 19.1 Å². The van der Waals surface area contributed by atoms with Crippen molar-refractivity contribution in [3.05, 3.63) is 35.6 Å². The number of hydrogen-bond acceptors (Lipinski definition) is 2. The summed E-state index contributed by atoms with van der Waals surface area (Å²) in [6, 6.07) is 6.34. The highest BCUT2D eigenvalue weighted by atomic mass is 19.1. The highest BCUT2D eigenvalue weighted by molar-refractivity contribution is 5.78. The molecule has 0 spiro atoms. The zero-order chi connectivity index (χ0) is 17.4. The first-order valence-electron chi connectivity index (χ1n) is 8.84. The van der Waals surface area contributed by atoms with Crippen LogP contribution in [0.1, 0.15) is 57.4 Å². The minimum Gasteiger partial charge on any atom is -0.352 e. The summed E-state index contributed by atoms with van der Waals surface area (Å²) in [5.41, 5.74) is 0.858. The van der Waals surface area contributed by atoms with Crippen LogP contribution in [0, 0.1) is 5.82 Å². The van der Waals surface area contributed by atoms with Crippen LogP contribution < -0.4 is 5.32 Å². The predicted octanol–water partition coefficient (Wildman–Crippen LogP) is 3.40. The average molecular weight is 334 g/mol. The van der Waals surface area contributed by atoms with Crippen molar-refractivity contribution in [3.8, 4) is 0 Å². The van der Waals surface area contributed by atoms with E-state index in [1.807, 2.05) is 4.90 Å². The number of carbonyl (C=O) groups excluding carboxylic acids is 2. The molecule has 1 N–H and O–H groups in total. The van der Waals surface area contributed by atoms with Gasteiger partial charge in [-0.15, -0.1) is 0 Å². The molecular formula is C19H27FN2O2. The van der Waals surface area contributed by atoms with Gasteiger partial charge in [0.25, 0.3) is 0 Å². The lowest BCUT2D eigenvalue weighted by molar-refractivity contribution is -0.132. The molecule has 1 aromatic carbocycles. The van der Waals surface area contributed by atoms with Crippen LogP contribution in [0.25, 0.3) is 0 Å². The molecule has 0 bridgehead atoms. The second-order valence-corrected chi connectivity index (χ2v) is 6.51. The zero-order valence-electron chi connectivity index (χ0n) is 14.4. The van der Waals surface area contributed by atoms with Crippen LogP contribution in [0.3, 0.4) is 0 Å². The van der Waals surface area contributed by atoms with Crippen molar-refractivity contribution < 1.29 is 14.0 Å². The average Bonchev–Trinajstić information content (AvgIpc) is 2.83. The van der Waals surface area contributed by atoms with Crippen molar-refractivity contribution in [1.82, 2.24) is 10.2 Å². The van der Waals surface area contributed by atoms with E-state index in [0.29, 0.717) is 19.5 Å². The molecule has 2 amide bonds. The third-order valence-corrected chi connectivity index (χ3v) is 4.65. The first kappa shape index (κ1) is 18.4. The Kier molecular flexibility index (Phi) is 7.22. The lowest BCUT2D eigenvalue weighted by Gasteiger charge is -2.30. The molecule has 0 aromatic heterocycles. The third-order valence-electron chi connectivity index (χ3n) is 4.65. The number of benzene rings is 1. The molecule has 1 fully saturated rings. The molecule has 1 saturated carbocycles. The van der Waals surface area contributed by atoms with Gasteiger partial charge in [-0.2, -0.15) is 0 Å². The molecule has 2 rings (SSSR count). The Balaban J connectivity index is 1.79. The number of amides is 2. The predicted molar refractivity (Wildman–Crippen MR) is 91.7 cm³/mol. The topological polar surface area (TPSA) is 49.4 Å². The Morgan fingerprint density at radius 1 is 1.12 bits per heavy atom. The van der Waals surface area contributed by atoms with E-state index >= 15 is 0 Å². The summed E-state index contributed by atoms with van der Waals surface area (Å²) in [5, 5.41) is 2.83. The van der Waals surface area contributed by atoms with Crippen molar-refractivity contribution in [2.24, 2.45) is 0 Å². The summed E-state index contributed by atoms with van der Waals surface area (Å²) in [5.74, 6) is -0.321. The second kappa shape index (κ2) is 9.40. The van der Waals surface area contributed by atoms with Crippen molar-refractivity contribution in [3.63, 3.8) is 0 Å². The van der Waals surface area contributed by atoms with Crippen LogP contribution >= 0.6 is 0 Å². The van der Waals surface area contributed by atoms with E-state index in [9.17, 15) is 14.0 Å². The molecule has 0 aliphatic heterocycles. The van der Waals surface area contributed by atoms with Crippen molar-refractivity contribution >= 4 is 11.8 Å². The van der Waals surface area contributed by atoms with Crippen molar-refractivity contribution in [2.75, 3.05) is 6.54 Å². The van der Waals surface area contributed by atoms with Crippen LogP contribution in [0.2, 0.25) is 0 Å². The Labute approximate surface area is 143 Å². The lowest BCUT2D eigenvalue weighted by atomic mass is 10.1. The fraction of sp³-hybridized carbons (Fsp3) is 0.579. The lowest BCUT2D eigenvalue weighted by Crippen LogP contribution is -2.41. The molecule has 0 saturated heterocycles. The molecule has 5 heteroatoms. The summed E-state index contributed by atoms with van der Waals surface area (Å²) in [4.78, 5) is 25.8. The SMILES string of the molecule is CC(=O)N(CCC(=O)NCc1ccc(F)cc1)C1CCCCCC1. The van der Waals surface area contributed by atoms with Gasteiger partial charge in [0.2, 0.25) is 11.8 Å². The maximum Gasteiger partial charge on any atom is 0.222 e. The molecule has 1 aliphatic rings. The Morgan fingerprint density at radius 2 is 1.75 bits per heavy atom. The quantitative estimate of drug-likeness (QED) is 0.811. The largest absolute Gasteiger partial charge is 0.352 e. The number of rotatable bonds is 6. The minimum absolute atomic E-state index is 0.0493. The fourth-order valence-electron chi connectivity index (χ4n) is 3.28. The molecular weight excluding hydrogens is 307 g/mol. The number of carbonyl (C=O) groups is 2. The van der Waals surface area contributed by atoms with Crippen LogP contribution in [0.4, 0.5) is 4.39 Å². The van der Waals surface area contributed by atoms with Gasteiger partial charge in [-0.3, -0.25) is 9.59 Å². The van der Waals surface area contributed by atoms with Gasteiger partial charge in [-0.05, 0) is 30.5 Å².